The summed E-state index contributed by atoms with van der Waals surface area (Å²) in [5.74, 6) is -0.400. The second-order valence-electron chi connectivity index (χ2n) is 4.39. The third kappa shape index (κ3) is 1.87. The van der Waals surface area contributed by atoms with Crippen LogP contribution in [0.5, 0.6) is 0 Å². The van der Waals surface area contributed by atoms with Crippen LogP contribution in [0.3, 0.4) is 0 Å². The van der Waals surface area contributed by atoms with Crippen LogP contribution in [0.4, 0.5) is 4.39 Å². The number of halogens is 1. The summed E-state index contributed by atoms with van der Waals surface area (Å²) in [6.45, 7) is 2.57. The van der Waals surface area contributed by atoms with Gasteiger partial charge < -0.3 is 10.0 Å². The van der Waals surface area contributed by atoms with Crippen molar-refractivity contribution in [3.05, 3.63) is 29.8 Å². The molecule has 2 heterocycles. The van der Waals surface area contributed by atoms with Crippen LogP contribution in [0.25, 0.3) is 0 Å². The van der Waals surface area contributed by atoms with Crippen molar-refractivity contribution in [2.24, 2.45) is 0 Å². The van der Waals surface area contributed by atoms with Crippen LogP contribution < -0.4 is 0 Å². The molecule has 1 aliphatic heterocycles. The van der Waals surface area contributed by atoms with Gasteiger partial charge in [0, 0.05) is 24.3 Å². The number of hydrogen-bond donors (Lipinski definition) is 1. The fraction of sp³-hybridized carbons (Fsp3) is 0.545. The van der Waals surface area contributed by atoms with E-state index in [0.717, 1.165) is 6.20 Å². The minimum Gasteiger partial charge on any atom is -0.384 e. The Morgan fingerprint density at radius 2 is 2.33 bits per heavy atom. The summed E-state index contributed by atoms with van der Waals surface area (Å²) >= 11 is 0. The smallest absolute Gasteiger partial charge is 0.141 e. The van der Waals surface area contributed by atoms with Crippen molar-refractivity contribution in [3.63, 3.8) is 0 Å². The molecule has 0 bridgehead atoms. The molecule has 3 nitrogen and oxygen atoms in total. The molecule has 4 heteroatoms. The van der Waals surface area contributed by atoms with Gasteiger partial charge in [0.2, 0.25) is 0 Å². The van der Waals surface area contributed by atoms with Gasteiger partial charge in [-0.2, -0.15) is 0 Å². The van der Waals surface area contributed by atoms with Crippen molar-refractivity contribution in [2.75, 3.05) is 13.6 Å². The molecule has 0 saturated carbocycles. The minimum absolute atomic E-state index is 0.304. The summed E-state index contributed by atoms with van der Waals surface area (Å²) in [7, 11) is 1.95. The van der Waals surface area contributed by atoms with Crippen LogP contribution in [0.1, 0.15) is 18.9 Å². The van der Waals surface area contributed by atoms with E-state index in [1.807, 2.05) is 14.0 Å². The number of hydrogen-bond acceptors (Lipinski definition) is 3. The van der Waals surface area contributed by atoms with Crippen LogP contribution in [0, 0.1) is 5.82 Å². The van der Waals surface area contributed by atoms with Gasteiger partial charge in [0.25, 0.3) is 0 Å². The van der Waals surface area contributed by atoms with Gasteiger partial charge in [-0.05, 0) is 26.5 Å². The van der Waals surface area contributed by atoms with Crippen molar-refractivity contribution in [1.82, 2.24) is 9.88 Å². The number of aromatic nitrogens is 1. The van der Waals surface area contributed by atoms with Crippen LogP contribution in [0.15, 0.2) is 18.5 Å². The van der Waals surface area contributed by atoms with Crippen LogP contribution in [-0.2, 0) is 5.60 Å². The predicted molar refractivity (Wildman–Crippen MR) is 54.8 cm³/mol. The normalized spacial score (nSPS) is 32.1. The lowest BCUT2D eigenvalue weighted by Crippen LogP contribution is -2.29. The first kappa shape index (κ1) is 10.5. The molecule has 1 N–H and O–H groups in total. The summed E-state index contributed by atoms with van der Waals surface area (Å²) in [6.07, 6.45) is 3.30. The Morgan fingerprint density at radius 1 is 1.60 bits per heavy atom. The average Bonchev–Trinajstić information content (AvgIpc) is 2.42. The Morgan fingerprint density at radius 3 is 2.87 bits per heavy atom. The summed E-state index contributed by atoms with van der Waals surface area (Å²) < 4.78 is 13.0. The topological polar surface area (TPSA) is 36.4 Å². The van der Waals surface area contributed by atoms with Crippen molar-refractivity contribution >= 4 is 0 Å². The molecule has 0 amide bonds. The molecule has 82 valence electrons. The number of pyridine rings is 1. The second-order valence-corrected chi connectivity index (χ2v) is 4.39. The maximum Gasteiger partial charge on any atom is 0.141 e. The molecule has 0 radical (unpaired) electrons. The summed E-state index contributed by atoms with van der Waals surface area (Å²) in [6, 6.07) is 1.66. The molecule has 1 saturated heterocycles. The van der Waals surface area contributed by atoms with E-state index in [2.05, 4.69) is 9.88 Å². The van der Waals surface area contributed by atoms with Crippen molar-refractivity contribution in [1.29, 1.82) is 0 Å². The van der Waals surface area contributed by atoms with Crippen molar-refractivity contribution < 1.29 is 9.50 Å². The maximum absolute atomic E-state index is 13.0. The quantitative estimate of drug-likeness (QED) is 0.755. The Labute approximate surface area is 88.6 Å². The largest absolute Gasteiger partial charge is 0.384 e. The highest BCUT2D eigenvalue weighted by Crippen LogP contribution is 2.34. The number of likely N-dealkylation sites (tertiary alicyclic amines) is 1. The predicted octanol–water partition coefficient (Wildman–Crippen LogP) is 1.13. The van der Waals surface area contributed by atoms with Crippen molar-refractivity contribution in [2.45, 2.75) is 25.0 Å². The van der Waals surface area contributed by atoms with Gasteiger partial charge in [0.05, 0.1) is 6.20 Å². The second kappa shape index (κ2) is 3.54. The first-order valence-electron chi connectivity index (χ1n) is 5.05. The lowest BCUT2D eigenvalue weighted by atomic mass is 9.93. The van der Waals surface area contributed by atoms with Gasteiger partial charge in [0.15, 0.2) is 0 Å². The zero-order chi connectivity index (χ0) is 11.1. The summed E-state index contributed by atoms with van der Waals surface area (Å²) in [5.41, 5.74) is -0.387. The van der Waals surface area contributed by atoms with Crippen LogP contribution in [-0.4, -0.2) is 34.6 Å². The molecule has 1 aromatic rings. The fourth-order valence-electron chi connectivity index (χ4n) is 2.15. The lowest BCUT2D eigenvalue weighted by Gasteiger charge is -2.22. The first-order chi connectivity index (χ1) is 7.01. The molecule has 1 fully saturated rings. The van der Waals surface area contributed by atoms with Gasteiger partial charge in [0.1, 0.15) is 11.4 Å². The molecule has 0 aromatic carbocycles. The highest BCUT2D eigenvalue weighted by molar-refractivity contribution is 5.21. The zero-order valence-corrected chi connectivity index (χ0v) is 8.94. The Kier molecular flexibility index (Phi) is 2.48. The van der Waals surface area contributed by atoms with E-state index in [1.54, 1.807) is 0 Å². The van der Waals surface area contributed by atoms with E-state index in [0.29, 0.717) is 24.6 Å². The number of nitrogens with zero attached hydrogens (tertiary/aromatic N) is 2. The number of likely N-dealkylation sites (N-methyl/N-ethyl adjacent to an activating group) is 1. The first-order valence-corrected chi connectivity index (χ1v) is 5.05. The lowest BCUT2D eigenvalue weighted by molar-refractivity contribution is 0.0479. The van der Waals surface area contributed by atoms with E-state index in [-0.39, 0.29) is 0 Å². The molecule has 1 aromatic heterocycles. The molecular weight excluding hydrogens is 195 g/mol. The highest BCUT2D eigenvalue weighted by atomic mass is 19.1. The van der Waals surface area contributed by atoms with Gasteiger partial charge in [-0.3, -0.25) is 4.98 Å². The number of aliphatic hydroxyl groups is 1. The monoisotopic (exact) mass is 210 g/mol. The summed E-state index contributed by atoms with van der Waals surface area (Å²) in [4.78, 5) is 5.83. The van der Waals surface area contributed by atoms with Gasteiger partial charge in [-0.15, -0.1) is 0 Å². The van der Waals surface area contributed by atoms with E-state index < -0.39 is 11.4 Å². The number of β-amino-alcohol motifs (C(OH)–C–C–N with tert-alkyl or cyclic N) is 1. The van der Waals surface area contributed by atoms with Gasteiger partial charge >= 0.3 is 0 Å². The van der Waals surface area contributed by atoms with Gasteiger partial charge in [-0.1, -0.05) is 0 Å². The molecule has 1 aliphatic rings. The third-order valence-corrected chi connectivity index (χ3v) is 3.14. The molecule has 2 unspecified atom stereocenters. The number of rotatable bonds is 1. The van der Waals surface area contributed by atoms with E-state index in [4.69, 9.17) is 0 Å². The maximum atomic E-state index is 13.0. The molecule has 0 spiro atoms. The molecule has 2 rings (SSSR count). The Bertz CT molecular complexity index is 359. The van der Waals surface area contributed by atoms with E-state index >= 15 is 0 Å². The van der Waals surface area contributed by atoms with Crippen molar-refractivity contribution in [3.8, 4) is 0 Å². The summed E-state index contributed by atoms with van der Waals surface area (Å²) in [5, 5.41) is 10.4. The Balaban J connectivity index is 2.31. The average molecular weight is 210 g/mol. The fourth-order valence-corrected chi connectivity index (χ4v) is 2.15. The van der Waals surface area contributed by atoms with E-state index in [9.17, 15) is 9.50 Å². The SMILES string of the molecule is CC1CC(O)(c2cncc(F)c2)CN1C. The zero-order valence-electron chi connectivity index (χ0n) is 8.94. The molecule has 0 aliphatic carbocycles. The van der Waals surface area contributed by atoms with E-state index in [1.165, 1.54) is 12.3 Å². The van der Waals surface area contributed by atoms with Crippen LogP contribution >= 0.6 is 0 Å². The Hall–Kier alpha value is -1.00. The molecular formula is C11H15FN2O. The van der Waals surface area contributed by atoms with Crippen LogP contribution in [0.2, 0.25) is 0 Å². The third-order valence-electron chi connectivity index (χ3n) is 3.14. The standard InChI is InChI=1S/C11H15FN2O/c1-8-4-11(15,7-14(8)2)9-3-10(12)6-13-5-9/h3,5-6,8,15H,4,7H2,1-2H3. The van der Waals surface area contributed by atoms with Gasteiger partial charge in [-0.25, -0.2) is 4.39 Å². The molecule has 15 heavy (non-hydrogen) atoms. The highest BCUT2D eigenvalue weighted by Gasteiger charge is 2.40. The minimum atomic E-state index is -0.955. The molecule has 2 atom stereocenters.